The van der Waals surface area contributed by atoms with Crippen LogP contribution in [0.3, 0.4) is 0 Å². The van der Waals surface area contributed by atoms with Gasteiger partial charge in [0.2, 0.25) is 0 Å². The fourth-order valence-electron chi connectivity index (χ4n) is 4.14. The van der Waals surface area contributed by atoms with E-state index in [9.17, 15) is 19.8 Å². The standard InChI is InChI=1S/C26H24O5.Y/c1-2-16-8-10-19-20-11-9-18(15-24(20)31-23(19)14-16)13-22(26(29)30)21(25(27)28)12-17-6-4-3-5-7-17;/h3-11,14-15,21-22H,2,12-13H2,1H3,(H,27,28)(H,29,30);/t21-,22-;/m0./s1. The molecule has 0 aliphatic rings. The first-order valence-corrected chi connectivity index (χ1v) is 10.4. The predicted molar refractivity (Wildman–Crippen MR) is 119 cm³/mol. The van der Waals surface area contributed by atoms with Crippen LogP contribution in [0.4, 0.5) is 0 Å². The van der Waals surface area contributed by atoms with E-state index in [1.54, 1.807) is 0 Å². The molecule has 6 heteroatoms. The first kappa shape index (κ1) is 24.2. The van der Waals surface area contributed by atoms with Gasteiger partial charge < -0.3 is 14.6 Å². The van der Waals surface area contributed by atoms with Crippen molar-refractivity contribution in [2.24, 2.45) is 11.8 Å². The number of benzene rings is 3. The molecule has 0 spiro atoms. The number of carboxylic acid groups (broad SMARTS) is 2. The van der Waals surface area contributed by atoms with Gasteiger partial charge in [-0.2, -0.15) is 0 Å². The second kappa shape index (κ2) is 10.4. The molecule has 1 radical (unpaired) electrons. The molecule has 0 amide bonds. The molecule has 2 N–H and O–H groups in total. The van der Waals surface area contributed by atoms with E-state index in [1.165, 1.54) is 5.56 Å². The van der Waals surface area contributed by atoms with Gasteiger partial charge in [-0.1, -0.05) is 61.5 Å². The van der Waals surface area contributed by atoms with Gasteiger partial charge in [0.1, 0.15) is 11.2 Å². The molecule has 4 rings (SSSR count). The maximum absolute atomic E-state index is 12.0. The van der Waals surface area contributed by atoms with E-state index in [4.69, 9.17) is 4.42 Å². The number of furan rings is 1. The second-order valence-electron chi connectivity index (χ2n) is 7.90. The molecule has 0 aliphatic heterocycles. The number of hydrogen-bond donors (Lipinski definition) is 2. The smallest absolute Gasteiger partial charge is 0.307 e. The minimum absolute atomic E-state index is 0. The number of carboxylic acids is 2. The molecule has 0 fully saturated rings. The third-order valence-corrected chi connectivity index (χ3v) is 5.88. The van der Waals surface area contributed by atoms with Gasteiger partial charge in [0.25, 0.3) is 0 Å². The maximum atomic E-state index is 12.0. The minimum atomic E-state index is -1.11. The van der Waals surface area contributed by atoms with Crippen LogP contribution >= 0.6 is 0 Å². The molecule has 1 aromatic heterocycles. The zero-order valence-electron chi connectivity index (χ0n) is 17.8. The molecule has 161 valence electrons. The largest absolute Gasteiger partial charge is 0.481 e. The summed E-state index contributed by atoms with van der Waals surface area (Å²) in [5.41, 5.74) is 4.21. The Kier molecular flexibility index (Phi) is 7.86. The fraction of sp³-hybridized carbons (Fsp3) is 0.231. The third-order valence-electron chi connectivity index (χ3n) is 5.88. The van der Waals surface area contributed by atoms with Crippen molar-refractivity contribution in [2.45, 2.75) is 26.2 Å². The van der Waals surface area contributed by atoms with E-state index in [-0.39, 0.29) is 45.6 Å². The molecule has 1 heterocycles. The molecule has 4 aromatic rings. The molecular formula is C26H24O5Y. The summed E-state index contributed by atoms with van der Waals surface area (Å²) in [6.45, 7) is 2.09. The number of aryl methyl sites for hydroxylation is 1. The van der Waals surface area contributed by atoms with Crippen molar-refractivity contribution in [3.63, 3.8) is 0 Å². The summed E-state index contributed by atoms with van der Waals surface area (Å²) in [6, 6.07) is 20.9. The molecule has 0 saturated heterocycles. The Morgan fingerprint density at radius 3 is 1.78 bits per heavy atom. The van der Waals surface area contributed by atoms with Crippen LogP contribution in [-0.2, 0) is 61.6 Å². The Balaban J connectivity index is 0.00000289. The average molecular weight is 505 g/mol. The van der Waals surface area contributed by atoms with Crippen molar-refractivity contribution in [3.05, 3.63) is 83.4 Å². The van der Waals surface area contributed by atoms with E-state index in [0.29, 0.717) is 5.58 Å². The first-order valence-electron chi connectivity index (χ1n) is 10.4. The summed E-state index contributed by atoms with van der Waals surface area (Å²) in [6.07, 6.45) is 1.20. The summed E-state index contributed by atoms with van der Waals surface area (Å²) >= 11 is 0. The molecule has 0 unspecified atom stereocenters. The van der Waals surface area contributed by atoms with Gasteiger partial charge in [-0.15, -0.1) is 0 Å². The molecule has 5 nitrogen and oxygen atoms in total. The van der Waals surface area contributed by atoms with E-state index in [0.717, 1.165) is 33.9 Å². The van der Waals surface area contributed by atoms with Gasteiger partial charge in [0.15, 0.2) is 0 Å². The zero-order valence-corrected chi connectivity index (χ0v) is 20.7. The van der Waals surface area contributed by atoms with Gasteiger partial charge in [-0.05, 0) is 48.1 Å². The molecule has 3 aromatic carbocycles. The second-order valence-corrected chi connectivity index (χ2v) is 7.90. The monoisotopic (exact) mass is 505 g/mol. The zero-order chi connectivity index (χ0) is 22.0. The molecule has 0 saturated carbocycles. The number of carbonyl (C=O) groups is 2. The predicted octanol–water partition coefficient (Wildman–Crippen LogP) is 5.33. The van der Waals surface area contributed by atoms with Gasteiger partial charge in [0.05, 0.1) is 11.8 Å². The van der Waals surface area contributed by atoms with Crippen LogP contribution in [0.25, 0.3) is 21.9 Å². The Morgan fingerprint density at radius 1 is 0.750 bits per heavy atom. The third kappa shape index (κ3) is 5.11. The van der Waals surface area contributed by atoms with Crippen molar-refractivity contribution in [1.82, 2.24) is 0 Å². The van der Waals surface area contributed by atoms with Crippen molar-refractivity contribution in [1.29, 1.82) is 0 Å². The van der Waals surface area contributed by atoms with Crippen molar-refractivity contribution >= 4 is 33.9 Å². The summed E-state index contributed by atoms with van der Waals surface area (Å²) in [7, 11) is 0. The van der Waals surface area contributed by atoms with E-state index >= 15 is 0 Å². The molecular weight excluding hydrogens is 481 g/mol. The van der Waals surface area contributed by atoms with Crippen LogP contribution < -0.4 is 0 Å². The van der Waals surface area contributed by atoms with Crippen LogP contribution in [0.1, 0.15) is 23.6 Å². The van der Waals surface area contributed by atoms with Gasteiger partial charge in [-0.25, -0.2) is 0 Å². The fourth-order valence-corrected chi connectivity index (χ4v) is 4.14. The Bertz CT molecular complexity index is 1250. The average Bonchev–Trinajstić information content (AvgIpc) is 3.13. The van der Waals surface area contributed by atoms with Gasteiger partial charge in [-0.3, -0.25) is 9.59 Å². The summed E-state index contributed by atoms with van der Waals surface area (Å²) in [5, 5.41) is 21.6. The van der Waals surface area contributed by atoms with Crippen LogP contribution in [-0.4, -0.2) is 22.2 Å². The van der Waals surface area contributed by atoms with Crippen molar-refractivity contribution in [2.75, 3.05) is 0 Å². The van der Waals surface area contributed by atoms with Crippen LogP contribution in [0.5, 0.6) is 0 Å². The van der Waals surface area contributed by atoms with E-state index < -0.39 is 23.8 Å². The SMILES string of the molecule is CCc1ccc2c(c1)oc1cc(C[C@H](C(=O)O)[C@H](Cc3ccccc3)C(=O)O)ccc12.[Y]. The quantitative estimate of drug-likeness (QED) is 0.338. The van der Waals surface area contributed by atoms with Crippen molar-refractivity contribution < 1.29 is 56.9 Å². The van der Waals surface area contributed by atoms with Crippen LogP contribution in [0.15, 0.2) is 71.1 Å². The van der Waals surface area contributed by atoms with Crippen molar-refractivity contribution in [3.8, 4) is 0 Å². The van der Waals surface area contributed by atoms with E-state index in [1.807, 2.05) is 60.7 Å². The number of rotatable bonds is 8. The molecule has 2 atom stereocenters. The Morgan fingerprint density at radius 2 is 1.25 bits per heavy atom. The topological polar surface area (TPSA) is 87.7 Å². The maximum Gasteiger partial charge on any atom is 0.307 e. The number of fused-ring (bicyclic) bond motifs is 3. The summed E-state index contributed by atoms with van der Waals surface area (Å²) in [4.78, 5) is 24.0. The normalized spacial score (nSPS) is 12.9. The van der Waals surface area contributed by atoms with Crippen LogP contribution in [0, 0.1) is 11.8 Å². The van der Waals surface area contributed by atoms with E-state index in [2.05, 4.69) is 13.0 Å². The number of aliphatic carboxylic acids is 2. The molecule has 0 bridgehead atoms. The van der Waals surface area contributed by atoms with Gasteiger partial charge >= 0.3 is 11.9 Å². The van der Waals surface area contributed by atoms with Crippen LogP contribution in [0.2, 0.25) is 0 Å². The summed E-state index contributed by atoms with van der Waals surface area (Å²) in [5.74, 6) is -4.29. The molecule has 0 aliphatic carbocycles. The minimum Gasteiger partial charge on any atom is -0.481 e. The number of hydrogen-bond acceptors (Lipinski definition) is 3. The Hall–Kier alpha value is -2.50. The summed E-state index contributed by atoms with van der Waals surface area (Å²) < 4.78 is 6.02. The Labute approximate surface area is 211 Å². The molecule has 32 heavy (non-hydrogen) atoms. The van der Waals surface area contributed by atoms with Gasteiger partial charge in [0, 0.05) is 43.5 Å². The first-order chi connectivity index (χ1) is 15.0.